The van der Waals surface area contributed by atoms with E-state index in [1.807, 2.05) is 55.5 Å². The van der Waals surface area contributed by atoms with Crippen molar-refractivity contribution in [2.45, 2.75) is 20.1 Å². The molecule has 168 valence electrons. The second-order valence-corrected chi connectivity index (χ2v) is 7.59. The first kappa shape index (κ1) is 21.9. The van der Waals surface area contributed by atoms with Crippen LogP contribution in [0.3, 0.4) is 0 Å². The van der Waals surface area contributed by atoms with Crippen LogP contribution in [0.5, 0.6) is 5.75 Å². The van der Waals surface area contributed by atoms with Crippen molar-refractivity contribution in [3.05, 3.63) is 110 Å². The van der Waals surface area contributed by atoms with Gasteiger partial charge in [-0.25, -0.2) is 14.6 Å². The van der Waals surface area contributed by atoms with E-state index < -0.39 is 11.4 Å². The second-order valence-electron chi connectivity index (χ2n) is 7.59. The van der Waals surface area contributed by atoms with Crippen LogP contribution in [0.1, 0.15) is 27.0 Å². The van der Waals surface area contributed by atoms with Crippen LogP contribution in [0.4, 0.5) is 0 Å². The minimum absolute atomic E-state index is 0.109. The Hall–Kier alpha value is -4.33. The van der Waals surface area contributed by atoms with Gasteiger partial charge in [0, 0.05) is 12.6 Å². The number of nitrogens with zero attached hydrogens (tertiary/aromatic N) is 1. The molecule has 1 aromatic heterocycles. The predicted octanol–water partition coefficient (Wildman–Crippen LogP) is 3.09. The Morgan fingerprint density at radius 2 is 1.82 bits per heavy atom. The number of H-pyrrole nitrogens is 1. The van der Waals surface area contributed by atoms with E-state index in [-0.39, 0.29) is 12.5 Å². The minimum Gasteiger partial charge on any atom is -0.489 e. The second kappa shape index (κ2) is 9.44. The van der Waals surface area contributed by atoms with Crippen LogP contribution in [0.2, 0.25) is 0 Å². The maximum atomic E-state index is 11.9. The molecule has 4 aromatic rings. The molecule has 8 heteroatoms. The lowest BCUT2D eigenvalue weighted by atomic mass is 9.97. The molecule has 0 aliphatic carbocycles. The van der Waals surface area contributed by atoms with Crippen molar-refractivity contribution in [2.75, 3.05) is 7.05 Å². The average Bonchev–Trinajstić information content (AvgIpc) is 3.14. The lowest BCUT2D eigenvalue weighted by Crippen LogP contribution is -2.17. The molecule has 0 saturated heterocycles. The standard InChI is InChI=1S/C25H23N3O5/c1-16-12-20(23(29)26-2)8-11-22(16)19-5-3-4-18(13-19)15-32-21-9-6-17(7-10-21)14-28-24(30)27-25(31)33-28/h3-13H,14-15H2,1-2H3,(H,26,29)(H,27,30,31). The van der Waals surface area contributed by atoms with E-state index in [1.54, 1.807) is 19.2 Å². The summed E-state index contributed by atoms with van der Waals surface area (Å²) in [5, 5.41) is 2.64. The fraction of sp³-hybridized carbons (Fsp3) is 0.160. The molecule has 0 bridgehead atoms. The average molecular weight is 445 g/mol. The number of aromatic nitrogens is 2. The molecule has 0 spiro atoms. The maximum absolute atomic E-state index is 11.9. The van der Waals surface area contributed by atoms with Gasteiger partial charge in [-0.1, -0.05) is 36.4 Å². The van der Waals surface area contributed by atoms with E-state index in [0.29, 0.717) is 17.9 Å². The van der Waals surface area contributed by atoms with E-state index in [4.69, 9.17) is 9.26 Å². The summed E-state index contributed by atoms with van der Waals surface area (Å²) in [6, 6.07) is 20.9. The molecule has 0 radical (unpaired) electrons. The van der Waals surface area contributed by atoms with Crippen LogP contribution in [-0.2, 0) is 13.2 Å². The fourth-order valence-electron chi connectivity index (χ4n) is 3.54. The first-order valence-electron chi connectivity index (χ1n) is 10.4. The largest absolute Gasteiger partial charge is 0.489 e. The van der Waals surface area contributed by atoms with Crippen LogP contribution in [0, 0.1) is 6.92 Å². The minimum atomic E-state index is -0.778. The molecular weight excluding hydrogens is 422 g/mol. The lowest BCUT2D eigenvalue weighted by molar-refractivity contribution is 0.0963. The van der Waals surface area contributed by atoms with E-state index in [0.717, 1.165) is 32.6 Å². The number of ether oxygens (including phenoxy) is 1. The number of hydrogen-bond acceptors (Lipinski definition) is 5. The third kappa shape index (κ3) is 5.12. The summed E-state index contributed by atoms with van der Waals surface area (Å²) < 4.78 is 11.7. The maximum Gasteiger partial charge on any atom is 0.440 e. The highest BCUT2D eigenvalue weighted by Gasteiger charge is 2.09. The highest BCUT2D eigenvalue weighted by Crippen LogP contribution is 2.26. The van der Waals surface area contributed by atoms with Gasteiger partial charge in [0.05, 0.1) is 6.54 Å². The molecule has 0 atom stereocenters. The molecule has 8 nitrogen and oxygen atoms in total. The van der Waals surface area contributed by atoms with Crippen LogP contribution in [0.15, 0.2) is 80.8 Å². The quantitative estimate of drug-likeness (QED) is 0.455. The Bertz CT molecular complexity index is 1400. The van der Waals surface area contributed by atoms with Gasteiger partial charge in [0.15, 0.2) is 0 Å². The summed E-state index contributed by atoms with van der Waals surface area (Å²) >= 11 is 0. The molecule has 0 unspecified atom stereocenters. The van der Waals surface area contributed by atoms with Crippen molar-refractivity contribution < 1.29 is 14.1 Å². The predicted molar refractivity (Wildman–Crippen MR) is 123 cm³/mol. The van der Waals surface area contributed by atoms with Gasteiger partial charge in [-0.15, -0.1) is 4.74 Å². The molecule has 1 heterocycles. The molecule has 2 N–H and O–H groups in total. The molecular formula is C25H23N3O5. The van der Waals surface area contributed by atoms with Crippen LogP contribution in [-0.4, -0.2) is 22.7 Å². The van der Waals surface area contributed by atoms with Gasteiger partial charge in [-0.05, 0) is 65.1 Å². The van der Waals surface area contributed by atoms with E-state index in [9.17, 15) is 14.4 Å². The Balaban J connectivity index is 1.43. The molecule has 0 aliphatic rings. The number of aromatic amines is 1. The van der Waals surface area contributed by atoms with Crippen molar-refractivity contribution >= 4 is 5.91 Å². The zero-order valence-electron chi connectivity index (χ0n) is 18.3. The van der Waals surface area contributed by atoms with Crippen molar-refractivity contribution in [3.8, 4) is 16.9 Å². The van der Waals surface area contributed by atoms with Gasteiger partial charge in [0.1, 0.15) is 12.4 Å². The van der Waals surface area contributed by atoms with Crippen LogP contribution in [0.25, 0.3) is 11.1 Å². The first-order chi connectivity index (χ1) is 15.9. The third-order valence-electron chi connectivity index (χ3n) is 5.24. The molecule has 0 fully saturated rings. The van der Waals surface area contributed by atoms with Crippen molar-refractivity contribution in [1.29, 1.82) is 0 Å². The highest BCUT2D eigenvalue weighted by molar-refractivity contribution is 5.94. The van der Waals surface area contributed by atoms with Gasteiger partial charge in [0.2, 0.25) is 0 Å². The number of rotatable bonds is 7. The number of hydrogen-bond donors (Lipinski definition) is 2. The smallest absolute Gasteiger partial charge is 0.440 e. The van der Waals surface area contributed by atoms with Crippen molar-refractivity contribution in [2.24, 2.45) is 0 Å². The summed E-state index contributed by atoms with van der Waals surface area (Å²) in [6.45, 7) is 2.52. The number of carbonyl (C=O) groups excluding carboxylic acids is 1. The summed E-state index contributed by atoms with van der Waals surface area (Å²) in [7, 11) is 1.62. The van der Waals surface area contributed by atoms with Gasteiger partial charge in [0.25, 0.3) is 5.91 Å². The van der Waals surface area contributed by atoms with E-state index in [1.165, 1.54) is 0 Å². The molecule has 3 aromatic carbocycles. The first-order valence-corrected chi connectivity index (χ1v) is 10.4. The van der Waals surface area contributed by atoms with Crippen LogP contribution >= 0.6 is 0 Å². The molecule has 4 rings (SSSR count). The SMILES string of the molecule is CNC(=O)c1ccc(-c2cccc(COc3ccc(Cn4oc(=O)[nH]c4=O)cc3)c2)c(C)c1. The lowest BCUT2D eigenvalue weighted by Gasteiger charge is -2.11. The Labute approximate surface area is 189 Å². The number of benzene rings is 3. The number of aryl methyl sites for hydroxylation is 1. The summed E-state index contributed by atoms with van der Waals surface area (Å²) in [6.07, 6.45) is 0. The number of carbonyl (C=O) groups is 1. The van der Waals surface area contributed by atoms with Gasteiger partial charge >= 0.3 is 11.4 Å². The Morgan fingerprint density at radius 3 is 2.48 bits per heavy atom. The number of nitrogens with one attached hydrogen (secondary N) is 2. The summed E-state index contributed by atoms with van der Waals surface area (Å²) in [4.78, 5) is 36.5. The topological polar surface area (TPSA) is 106 Å². The molecule has 0 aliphatic heterocycles. The number of amides is 1. The third-order valence-corrected chi connectivity index (χ3v) is 5.24. The fourth-order valence-corrected chi connectivity index (χ4v) is 3.54. The van der Waals surface area contributed by atoms with Crippen LogP contribution < -0.4 is 21.5 Å². The van der Waals surface area contributed by atoms with Crippen molar-refractivity contribution in [1.82, 2.24) is 15.0 Å². The zero-order valence-corrected chi connectivity index (χ0v) is 18.3. The highest BCUT2D eigenvalue weighted by atomic mass is 16.5. The molecule has 33 heavy (non-hydrogen) atoms. The summed E-state index contributed by atoms with van der Waals surface area (Å²) in [5.41, 5.74) is 4.97. The Morgan fingerprint density at radius 1 is 1.03 bits per heavy atom. The van der Waals surface area contributed by atoms with Gasteiger partial charge in [-0.2, -0.15) is 0 Å². The van der Waals surface area contributed by atoms with Gasteiger partial charge in [-0.3, -0.25) is 4.79 Å². The summed E-state index contributed by atoms with van der Waals surface area (Å²) in [5.74, 6) is -0.208. The van der Waals surface area contributed by atoms with Gasteiger partial charge < -0.3 is 14.6 Å². The van der Waals surface area contributed by atoms with E-state index >= 15 is 0 Å². The zero-order chi connectivity index (χ0) is 23.4. The van der Waals surface area contributed by atoms with Crippen molar-refractivity contribution in [3.63, 3.8) is 0 Å². The molecule has 1 amide bonds. The van der Waals surface area contributed by atoms with E-state index in [2.05, 4.69) is 16.4 Å². The monoisotopic (exact) mass is 445 g/mol. The normalized spacial score (nSPS) is 10.7. The molecule has 0 saturated carbocycles. The Kier molecular flexibility index (Phi) is 6.26.